The minimum atomic E-state index is 0.595. The number of nitrogens with zero attached hydrogens (tertiary/aromatic N) is 2. The first kappa shape index (κ1) is 13.8. The smallest absolute Gasteiger partial charge is 0.185 e. The minimum Gasteiger partial charge on any atom is -0.383 e. The lowest BCUT2D eigenvalue weighted by Crippen LogP contribution is -2.38. The molecule has 0 saturated carbocycles. The van der Waals surface area contributed by atoms with E-state index in [1.807, 2.05) is 0 Å². The Bertz CT molecular complexity index is 356. The first-order valence-corrected chi connectivity index (χ1v) is 7.63. The molecule has 0 spiro atoms. The zero-order valence-electron chi connectivity index (χ0n) is 11.3. The van der Waals surface area contributed by atoms with Gasteiger partial charge in [-0.15, -0.1) is 11.3 Å². The van der Waals surface area contributed by atoms with E-state index < -0.39 is 0 Å². The number of hydrogen-bond acceptors (Lipinski definition) is 5. The number of anilines is 1. The lowest BCUT2D eigenvalue weighted by molar-refractivity contribution is 0.199. The van der Waals surface area contributed by atoms with E-state index in [0.29, 0.717) is 6.04 Å². The van der Waals surface area contributed by atoms with E-state index in [2.05, 4.69) is 22.5 Å². The van der Waals surface area contributed by atoms with Crippen LogP contribution in [0.3, 0.4) is 0 Å². The van der Waals surface area contributed by atoms with Gasteiger partial charge >= 0.3 is 0 Å². The lowest BCUT2D eigenvalue weighted by Gasteiger charge is -2.24. The third-order valence-electron chi connectivity index (χ3n) is 3.39. The molecule has 1 aliphatic heterocycles. The Morgan fingerprint density at radius 1 is 1.61 bits per heavy atom. The quantitative estimate of drug-likeness (QED) is 0.767. The van der Waals surface area contributed by atoms with Gasteiger partial charge in [-0.25, -0.2) is 4.98 Å². The zero-order valence-corrected chi connectivity index (χ0v) is 12.1. The minimum absolute atomic E-state index is 0.595. The summed E-state index contributed by atoms with van der Waals surface area (Å²) >= 11 is 1.78. The Balaban J connectivity index is 1.86. The maximum Gasteiger partial charge on any atom is 0.185 e. The van der Waals surface area contributed by atoms with Gasteiger partial charge in [0.25, 0.3) is 0 Å². The summed E-state index contributed by atoms with van der Waals surface area (Å²) in [6, 6.07) is 0.595. The van der Waals surface area contributed by atoms with Crippen LogP contribution in [0.2, 0.25) is 0 Å². The van der Waals surface area contributed by atoms with Gasteiger partial charge in [-0.3, -0.25) is 0 Å². The van der Waals surface area contributed by atoms with E-state index >= 15 is 0 Å². The van der Waals surface area contributed by atoms with Gasteiger partial charge in [-0.1, -0.05) is 6.92 Å². The number of aryl methyl sites for hydroxylation is 1. The number of nitrogens with one attached hydrogen (secondary N) is 1. The topological polar surface area (TPSA) is 37.4 Å². The fourth-order valence-corrected chi connectivity index (χ4v) is 3.34. The van der Waals surface area contributed by atoms with Gasteiger partial charge in [0.15, 0.2) is 5.13 Å². The molecule has 5 heteroatoms. The Hall–Kier alpha value is -0.650. The van der Waals surface area contributed by atoms with Crippen LogP contribution < -0.4 is 10.2 Å². The van der Waals surface area contributed by atoms with Crippen LogP contribution in [0, 0.1) is 0 Å². The van der Waals surface area contributed by atoms with Crippen molar-refractivity contribution in [1.82, 2.24) is 10.3 Å². The fraction of sp³-hybridized carbons (Fsp3) is 0.769. The average molecular weight is 269 g/mol. The summed E-state index contributed by atoms with van der Waals surface area (Å²) in [6.07, 6.45) is 3.57. The second-order valence-electron chi connectivity index (χ2n) is 4.66. The molecular weight excluding hydrogens is 246 g/mol. The van der Waals surface area contributed by atoms with Gasteiger partial charge in [0.05, 0.1) is 12.3 Å². The average Bonchev–Trinajstić information content (AvgIpc) is 3.02. The molecule has 0 radical (unpaired) electrons. The predicted octanol–water partition coefficient (Wildman–Crippen LogP) is 1.91. The molecule has 4 nitrogen and oxygen atoms in total. The molecule has 18 heavy (non-hydrogen) atoms. The molecule has 1 N–H and O–H groups in total. The zero-order chi connectivity index (χ0) is 12.8. The van der Waals surface area contributed by atoms with Gasteiger partial charge in [-0.05, 0) is 19.3 Å². The van der Waals surface area contributed by atoms with Crippen molar-refractivity contribution in [2.75, 3.05) is 38.3 Å². The molecule has 1 aliphatic rings. The monoisotopic (exact) mass is 269 g/mol. The van der Waals surface area contributed by atoms with E-state index in [1.165, 1.54) is 23.7 Å². The molecule has 1 atom stereocenters. The number of ether oxygens (including phenoxy) is 1. The Morgan fingerprint density at radius 3 is 3.22 bits per heavy atom. The standard InChI is InChI=1S/C13H23N3OS/c1-3-11-10-18-13(15-11)16-7-4-5-12(16)9-14-6-8-17-2/h10,12,14H,3-9H2,1-2H3. The summed E-state index contributed by atoms with van der Waals surface area (Å²) in [5, 5.41) is 6.84. The predicted molar refractivity (Wildman–Crippen MR) is 76.6 cm³/mol. The second-order valence-corrected chi connectivity index (χ2v) is 5.50. The summed E-state index contributed by atoms with van der Waals surface area (Å²) in [6.45, 7) is 6.05. The molecule has 1 unspecified atom stereocenters. The van der Waals surface area contributed by atoms with Gasteiger partial charge in [0.2, 0.25) is 0 Å². The van der Waals surface area contributed by atoms with Crippen molar-refractivity contribution >= 4 is 16.5 Å². The normalized spacial score (nSPS) is 19.7. The van der Waals surface area contributed by atoms with Crippen LogP contribution in [0.5, 0.6) is 0 Å². The largest absolute Gasteiger partial charge is 0.383 e. The van der Waals surface area contributed by atoms with Gasteiger partial charge in [0.1, 0.15) is 0 Å². The highest BCUT2D eigenvalue weighted by Crippen LogP contribution is 2.28. The third kappa shape index (κ3) is 3.43. The second kappa shape index (κ2) is 7.07. The first-order chi connectivity index (χ1) is 8.85. The van der Waals surface area contributed by atoms with Crippen molar-refractivity contribution in [2.24, 2.45) is 0 Å². The summed E-state index contributed by atoms with van der Waals surface area (Å²) < 4.78 is 5.05. The number of methoxy groups -OCH3 is 1. The highest BCUT2D eigenvalue weighted by molar-refractivity contribution is 7.13. The van der Waals surface area contributed by atoms with E-state index in [1.54, 1.807) is 18.4 Å². The molecule has 0 aromatic carbocycles. The van der Waals surface area contributed by atoms with Gasteiger partial charge < -0.3 is 15.0 Å². The van der Waals surface area contributed by atoms with E-state index in [-0.39, 0.29) is 0 Å². The van der Waals surface area contributed by atoms with Crippen molar-refractivity contribution in [3.63, 3.8) is 0 Å². The number of aromatic nitrogens is 1. The highest BCUT2D eigenvalue weighted by Gasteiger charge is 2.26. The fourth-order valence-electron chi connectivity index (χ4n) is 2.33. The Kier molecular flexibility index (Phi) is 5.41. The third-order valence-corrected chi connectivity index (χ3v) is 4.31. The molecule has 0 amide bonds. The number of hydrogen-bond donors (Lipinski definition) is 1. The summed E-state index contributed by atoms with van der Waals surface area (Å²) in [5.74, 6) is 0. The van der Waals surface area contributed by atoms with Crippen molar-refractivity contribution in [1.29, 1.82) is 0 Å². The van der Waals surface area contributed by atoms with Crippen molar-refractivity contribution in [2.45, 2.75) is 32.2 Å². The molecule has 102 valence electrons. The lowest BCUT2D eigenvalue weighted by atomic mass is 10.2. The summed E-state index contributed by atoms with van der Waals surface area (Å²) in [5.41, 5.74) is 1.22. The molecule has 2 rings (SSSR count). The van der Waals surface area contributed by atoms with E-state index in [4.69, 9.17) is 9.72 Å². The SMILES string of the molecule is CCc1csc(N2CCCC2CNCCOC)n1. The molecule has 0 aliphatic carbocycles. The van der Waals surface area contributed by atoms with Crippen LogP contribution >= 0.6 is 11.3 Å². The molecule has 1 saturated heterocycles. The molecule has 0 bridgehead atoms. The molecule has 2 heterocycles. The van der Waals surface area contributed by atoms with E-state index in [0.717, 1.165) is 32.7 Å². The van der Waals surface area contributed by atoms with Gasteiger partial charge in [0, 0.05) is 38.2 Å². The van der Waals surface area contributed by atoms with Crippen LogP contribution in [0.1, 0.15) is 25.5 Å². The number of rotatable bonds is 7. The van der Waals surface area contributed by atoms with Crippen molar-refractivity contribution in [3.05, 3.63) is 11.1 Å². The van der Waals surface area contributed by atoms with Crippen LogP contribution in [0.25, 0.3) is 0 Å². The Labute approximate surface area is 113 Å². The maximum atomic E-state index is 5.05. The van der Waals surface area contributed by atoms with Gasteiger partial charge in [-0.2, -0.15) is 0 Å². The summed E-state index contributed by atoms with van der Waals surface area (Å²) in [4.78, 5) is 7.16. The van der Waals surface area contributed by atoms with Crippen LogP contribution in [0.15, 0.2) is 5.38 Å². The highest BCUT2D eigenvalue weighted by atomic mass is 32.1. The van der Waals surface area contributed by atoms with Crippen LogP contribution in [-0.4, -0.2) is 44.4 Å². The van der Waals surface area contributed by atoms with Crippen molar-refractivity contribution < 1.29 is 4.74 Å². The molecular formula is C13H23N3OS. The Morgan fingerprint density at radius 2 is 2.50 bits per heavy atom. The van der Waals surface area contributed by atoms with Crippen LogP contribution in [0.4, 0.5) is 5.13 Å². The summed E-state index contributed by atoms with van der Waals surface area (Å²) in [7, 11) is 1.74. The maximum absolute atomic E-state index is 5.05. The number of thiazole rings is 1. The molecule has 1 aromatic heterocycles. The van der Waals surface area contributed by atoms with Crippen molar-refractivity contribution in [3.8, 4) is 0 Å². The first-order valence-electron chi connectivity index (χ1n) is 6.75. The van der Waals surface area contributed by atoms with E-state index in [9.17, 15) is 0 Å². The molecule has 1 fully saturated rings. The van der Waals surface area contributed by atoms with Crippen LogP contribution in [-0.2, 0) is 11.2 Å². The molecule has 1 aromatic rings.